The minimum Gasteiger partial charge on any atom is -0.353 e. The molecule has 6 nitrogen and oxygen atoms in total. The van der Waals surface area contributed by atoms with Gasteiger partial charge in [-0.05, 0) is 46.9 Å². The second kappa shape index (κ2) is 12.8. The van der Waals surface area contributed by atoms with E-state index in [4.69, 9.17) is 0 Å². The summed E-state index contributed by atoms with van der Waals surface area (Å²) in [5.41, 5.74) is 4.19. The summed E-state index contributed by atoms with van der Waals surface area (Å²) in [5, 5.41) is 3.20. The predicted molar refractivity (Wildman–Crippen MR) is 146 cm³/mol. The van der Waals surface area contributed by atoms with Crippen molar-refractivity contribution in [2.24, 2.45) is 18.9 Å². The van der Waals surface area contributed by atoms with Gasteiger partial charge in [0.05, 0.1) is 6.54 Å². The molecule has 2 rings (SSSR count). The summed E-state index contributed by atoms with van der Waals surface area (Å²) in [7, 11) is 1.99. The summed E-state index contributed by atoms with van der Waals surface area (Å²) in [6.07, 6.45) is 1.99. The number of carbonyl (C=O) groups is 2. The van der Waals surface area contributed by atoms with Gasteiger partial charge in [0.25, 0.3) is 0 Å². The molecule has 1 aromatic heterocycles. The Morgan fingerprint density at radius 2 is 1.37 bits per heavy atom. The average molecular weight is 483 g/mol. The Hall–Kier alpha value is -2.76. The maximum Gasteiger partial charge on any atom is 0.322 e. The first-order valence-electron chi connectivity index (χ1n) is 13.0. The first kappa shape index (κ1) is 28.5. The minimum absolute atomic E-state index is 0.0306. The Morgan fingerprint density at radius 3 is 1.83 bits per heavy atom. The van der Waals surface area contributed by atoms with Crippen LogP contribution in [-0.4, -0.2) is 45.9 Å². The molecule has 1 aromatic carbocycles. The molecule has 3 amide bonds. The van der Waals surface area contributed by atoms with Crippen molar-refractivity contribution in [1.82, 2.24) is 14.4 Å². The molecule has 194 valence electrons. The van der Waals surface area contributed by atoms with Crippen molar-refractivity contribution in [3.05, 3.63) is 53.3 Å². The number of rotatable bonds is 11. The third kappa shape index (κ3) is 8.15. The highest BCUT2D eigenvalue weighted by Gasteiger charge is 2.25. The topological polar surface area (TPSA) is 57.6 Å². The molecule has 1 heterocycles. The normalized spacial score (nSPS) is 11.6. The lowest BCUT2D eigenvalue weighted by molar-refractivity contribution is -0.133. The van der Waals surface area contributed by atoms with Crippen LogP contribution in [0.1, 0.15) is 84.0 Å². The molecule has 0 saturated heterocycles. The summed E-state index contributed by atoms with van der Waals surface area (Å²) in [6.45, 7) is 18.7. The Morgan fingerprint density at radius 1 is 0.829 bits per heavy atom. The van der Waals surface area contributed by atoms with Crippen LogP contribution < -0.4 is 5.32 Å². The molecule has 0 saturated carbocycles. The van der Waals surface area contributed by atoms with E-state index in [1.54, 1.807) is 4.90 Å². The van der Waals surface area contributed by atoms with E-state index in [-0.39, 0.29) is 36.2 Å². The number of para-hydroxylation sites is 1. The number of nitrogens with zero attached hydrogens (tertiary/aromatic N) is 3. The second-order valence-corrected chi connectivity index (χ2v) is 11.1. The molecule has 0 aliphatic carbocycles. The number of benzene rings is 1. The molecule has 1 N–H and O–H groups in total. The molecule has 0 aliphatic rings. The lowest BCUT2D eigenvalue weighted by Gasteiger charge is -2.30. The van der Waals surface area contributed by atoms with Gasteiger partial charge in [-0.1, -0.05) is 73.6 Å². The second-order valence-electron chi connectivity index (χ2n) is 11.1. The van der Waals surface area contributed by atoms with E-state index in [1.807, 2.05) is 34.8 Å². The first-order valence-corrected chi connectivity index (χ1v) is 13.0. The highest BCUT2D eigenvalue weighted by molar-refractivity contribution is 5.94. The van der Waals surface area contributed by atoms with Crippen molar-refractivity contribution >= 4 is 17.6 Å². The standard InChI is InChI=1S/C29H46N4O2/c1-20(2)16-32(18-24-12-11-15-31(24)9)27(34)19-33(17-21(3)4)29(35)30-28-25(22(5)6)13-10-14-26(28)23(7)8/h10-15,20-23H,16-19H2,1-9H3,(H,30,35). The van der Waals surface area contributed by atoms with Gasteiger partial charge in [0.2, 0.25) is 5.91 Å². The molecule has 0 atom stereocenters. The third-order valence-electron chi connectivity index (χ3n) is 6.15. The van der Waals surface area contributed by atoms with Gasteiger partial charge in [-0.3, -0.25) is 4.79 Å². The summed E-state index contributed by atoms with van der Waals surface area (Å²) >= 11 is 0. The van der Waals surface area contributed by atoms with Gasteiger partial charge in [0, 0.05) is 37.7 Å². The number of carbonyl (C=O) groups excluding carboxylic acids is 2. The van der Waals surface area contributed by atoms with E-state index in [0.717, 1.165) is 22.5 Å². The molecule has 0 bridgehead atoms. The van der Waals surface area contributed by atoms with Gasteiger partial charge in [-0.15, -0.1) is 0 Å². The third-order valence-corrected chi connectivity index (χ3v) is 6.15. The van der Waals surface area contributed by atoms with Gasteiger partial charge < -0.3 is 19.7 Å². The number of aryl methyl sites for hydroxylation is 1. The quantitative estimate of drug-likeness (QED) is 0.400. The van der Waals surface area contributed by atoms with Gasteiger partial charge in [0.1, 0.15) is 6.54 Å². The number of amides is 3. The Kier molecular flexibility index (Phi) is 10.4. The molecule has 35 heavy (non-hydrogen) atoms. The van der Waals surface area contributed by atoms with Crippen molar-refractivity contribution in [3.63, 3.8) is 0 Å². The number of urea groups is 1. The highest BCUT2D eigenvalue weighted by Crippen LogP contribution is 2.32. The van der Waals surface area contributed by atoms with E-state index >= 15 is 0 Å². The fourth-order valence-electron chi connectivity index (χ4n) is 4.36. The van der Waals surface area contributed by atoms with Crippen LogP contribution in [0.3, 0.4) is 0 Å². The number of hydrogen-bond donors (Lipinski definition) is 1. The van der Waals surface area contributed by atoms with Gasteiger partial charge in [0.15, 0.2) is 0 Å². The average Bonchev–Trinajstić information content (AvgIpc) is 3.16. The van der Waals surface area contributed by atoms with Crippen LogP contribution in [0.25, 0.3) is 0 Å². The summed E-state index contributed by atoms with van der Waals surface area (Å²) in [5.74, 6) is 1.09. The summed E-state index contributed by atoms with van der Waals surface area (Å²) < 4.78 is 2.04. The van der Waals surface area contributed by atoms with Gasteiger partial charge >= 0.3 is 6.03 Å². The van der Waals surface area contributed by atoms with Crippen LogP contribution in [0.2, 0.25) is 0 Å². The first-order chi connectivity index (χ1) is 16.4. The van der Waals surface area contributed by atoms with Crippen LogP contribution in [0.15, 0.2) is 36.5 Å². The van der Waals surface area contributed by atoms with E-state index in [0.29, 0.717) is 25.6 Å². The number of nitrogens with one attached hydrogen (secondary N) is 1. The molecule has 0 aliphatic heterocycles. The zero-order valence-electron chi connectivity index (χ0n) is 23.3. The maximum absolute atomic E-state index is 13.6. The Labute approximate surface area is 212 Å². The lowest BCUT2D eigenvalue weighted by atomic mass is 9.93. The van der Waals surface area contributed by atoms with E-state index in [9.17, 15) is 9.59 Å². The van der Waals surface area contributed by atoms with Crippen molar-refractivity contribution in [1.29, 1.82) is 0 Å². The maximum atomic E-state index is 13.6. The van der Waals surface area contributed by atoms with Crippen molar-refractivity contribution in [2.45, 2.75) is 73.8 Å². The van der Waals surface area contributed by atoms with Crippen LogP contribution in [-0.2, 0) is 18.4 Å². The summed E-state index contributed by atoms with van der Waals surface area (Å²) in [6, 6.07) is 10.0. The molecular formula is C29H46N4O2. The summed E-state index contributed by atoms with van der Waals surface area (Å²) in [4.78, 5) is 30.6. The predicted octanol–water partition coefficient (Wildman–Crippen LogP) is 6.45. The van der Waals surface area contributed by atoms with Crippen LogP contribution >= 0.6 is 0 Å². The fraction of sp³-hybridized carbons (Fsp3) is 0.586. The van der Waals surface area contributed by atoms with Gasteiger partial charge in [-0.25, -0.2) is 4.79 Å². The fourth-order valence-corrected chi connectivity index (χ4v) is 4.36. The van der Waals surface area contributed by atoms with Crippen LogP contribution in [0.4, 0.5) is 10.5 Å². The molecule has 0 radical (unpaired) electrons. The highest BCUT2D eigenvalue weighted by atomic mass is 16.2. The Bertz CT molecular complexity index is 949. The molecular weight excluding hydrogens is 436 g/mol. The lowest BCUT2D eigenvalue weighted by Crippen LogP contribution is -2.46. The zero-order valence-corrected chi connectivity index (χ0v) is 23.3. The minimum atomic E-state index is -0.217. The van der Waals surface area contributed by atoms with Gasteiger partial charge in [-0.2, -0.15) is 0 Å². The monoisotopic (exact) mass is 482 g/mol. The largest absolute Gasteiger partial charge is 0.353 e. The van der Waals surface area contributed by atoms with E-state index in [1.165, 1.54) is 0 Å². The molecule has 0 spiro atoms. The molecule has 0 fully saturated rings. The zero-order chi connectivity index (χ0) is 26.3. The number of aromatic nitrogens is 1. The van der Waals surface area contributed by atoms with E-state index in [2.05, 4.69) is 78.9 Å². The molecule has 6 heteroatoms. The number of anilines is 1. The van der Waals surface area contributed by atoms with Crippen molar-refractivity contribution in [2.75, 3.05) is 25.0 Å². The number of hydrogen-bond acceptors (Lipinski definition) is 2. The smallest absolute Gasteiger partial charge is 0.322 e. The molecule has 2 aromatic rings. The van der Waals surface area contributed by atoms with Crippen molar-refractivity contribution < 1.29 is 9.59 Å². The SMILES string of the molecule is CC(C)CN(Cc1cccn1C)C(=O)CN(CC(C)C)C(=O)Nc1c(C(C)C)cccc1C(C)C. The van der Waals surface area contributed by atoms with Crippen LogP contribution in [0, 0.1) is 11.8 Å². The Balaban J connectivity index is 2.30. The van der Waals surface area contributed by atoms with E-state index < -0.39 is 0 Å². The molecule has 0 unspecified atom stereocenters. The van der Waals surface area contributed by atoms with Crippen LogP contribution in [0.5, 0.6) is 0 Å². The van der Waals surface area contributed by atoms with Crippen molar-refractivity contribution in [3.8, 4) is 0 Å².